The van der Waals surface area contributed by atoms with Crippen LogP contribution in [0.5, 0.6) is 0 Å². The van der Waals surface area contributed by atoms with Crippen LogP contribution < -0.4 is 10.6 Å². The number of nitrogens with one attached hydrogen (secondary N) is 3. The molecule has 3 heterocycles. The Hall–Kier alpha value is -4.04. The molecule has 1 amide bonds. The van der Waals surface area contributed by atoms with E-state index in [1.807, 2.05) is 48.5 Å². The molecule has 3 aromatic carbocycles. The second kappa shape index (κ2) is 11.0. The first-order chi connectivity index (χ1) is 19.1. The van der Waals surface area contributed by atoms with Crippen molar-refractivity contribution in [2.24, 2.45) is 0 Å². The van der Waals surface area contributed by atoms with E-state index in [1.165, 1.54) is 18.9 Å². The highest BCUT2D eigenvalue weighted by Crippen LogP contribution is 2.42. The van der Waals surface area contributed by atoms with E-state index in [2.05, 4.69) is 20.5 Å². The summed E-state index contributed by atoms with van der Waals surface area (Å²) in [4.78, 5) is 18.9. The van der Waals surface area contributed by atoms with Gasteiger partial charge < -0.3 is 20.3 Å². The minimum Gasteiger partial charge on any atom is -0.374 e. The topological polar surface area (TPSA) is 80.4 Å². The first-order valence-electron chi connectivity index (χ1n) is 13.4. The number of amides is 1. The minimum absolute atomic E-state index is 0.256. The molecule has 2 aliphatic heterocycles. The van der Waals surface area contributed by atoms with Gasteiger partial charge in [0.05, 0.1) is 5.57 Å². The largest absolute Gasteiger partial charge is 0.374 e. The van der Waals surface area contributed by atoms with Crippen molar-refractivity contribution in [1.29, 1.82) is 0 Å². The minimum atomic E-state index is -0.884. The van der Waals surface area contributed by atoms with Crippen molar-refractivity contribution in [3.63, 3.8) is 0 Å². The highest BCUT2D eigenvalue weighted by Gasteiger charge is 2.29. The van der Waals surface area contributed by atoms with Crippen LogP contribution in [0.2, 0.25) is 0 Å². The molecule has 4 aromatic rings. The molecule has 7 heteroatoms. The van der Waals surface area contributed by atoms with Gasteiger partial charge in [-0.3, -0.25) is 10.1 Å². The lowest BCUT2D eigenvalue weighted by Crippen LogP contribution is -2.32. The highest BCUT2D eigenvalue weighted by atomic mass is 19.1. The van der Waals surface area contributed by atoms with Gasteiger partial charge in [-0.05, 0) is 55.3 Å². The van der Waals surface area contributed by atoms with E-state index in [4.69, 9.17) is 0 Å². The molecule has 1 fully saturated rings. The Balaban J connectivity index is 1.39. The highest BCUT2D eigenvalue weighted by molar-refractivity contribution is 6.36. The van der Waals surface area contributed by atoms with Crippen molar-refractivity contribution >= 4 is 23.2 Å². The summed E-state index contributed by atoms with van der Waals surface area (Å²) in [5.41, 5.74) is 5.95. The van der Waals surface area contributed by atoms with E-state index < -0.39 is 6.23 Å². The predicted octanol–water partition coefficient (Wildman–Crippen LogP) is 5.66. The summed E-state index contributed by atoms with van der Waals surface area (Å²) in [5.74, 6) is -0.604. The van der Waals surface area contributed by atoms with Crippen molar-refractivity contribution in [2.75, 3.05) is 31.5 Å². The van der Waals surface area contributed by atoms with Crippen molar-refractivity contribution in [3.05, 3.63) is 102 Å². The lowest BCUT2D eigenvalue weighted by atomic mass is 9.93. The fraction of sp³-hybridized carbons (Fsp3) is 0.219. The maximum atomic E-state index is 14.8. The molecule has 1 atom stereocenters. The van der Waals surface area contributed by atoms with Crippen LogP contribution in [-0.4, -0.2) is 47.1 Å². The second-order valence-electron chi connectivity index (χ2n) is 10.0. The number of carbonyl (C=O) groups excluding carboxylic acids is 1. The Morgan fingerprint density at radius 3 is 2.49 bits per heavy atom. The third kappa shape index (κ3) is 5.04. The average molecular weight is 523 g/mol. The summed E-state index contributed by atoms with van der Waals surface area (Å²) in [5, 5.41) is 17.3. The second-order valence-corrected chi connectivity index (χ2v) is 10.0. The Bertz CT molecular complexity index is 1520. The van der Waals surface area contributed by atoms with Crippen LogP contribution in [0.1, 0.15) is 35.9 Å². The number of rotatable bonds is 8. The number of aliphatic hydroxyl groups is 1. The van der Waals surface area contributed by atoms with Crippen LogP contribution in [0.25, 0.3) is 33.9 Å². The van der Waals surface area contributed by atoms with Crippen molar-refractivity contribution in [1.82, 2.24) is 15.2 Å². The number of fused-ring (bicyclic) bond motifs is 1. The van der Waals surface area contributed by atoms with Gasteiger partial charge in [-0.1, -0.05) is 60.7 Å². The molecule has 0 saturated carbocycles. The van der Waals surface area contributed by atoms with Gasteiger partial charge in [0.1, 0.15) is 12.0 Å². The van der Waals surface area contributed by atoms with Crippen LogP contribution in [0.4, 0.5) is 10.1 Å². The number of likely N-dealkylation sites (tertiary alicyclic amines) is 1. The maximum absolute atomic E-state index is 14.8. The van der Waals surface area contributed by atoms with Crippen LogP contribution in [0.15, 0.2) is 79.0 Å². The summed E-state index contributed by atoms with van der Waals surface area (Å²) in [6, 6.07) is 21.9. The van der Waals surface area contributed by atoms with Gasteiger partial charge in [-0.15, -0.1) is 0 Å². The summed E-state index contributed by atoms with van der Waals surface area (Å²) in [7, 11) is 0. The molecule has 0 radical (unpaired) electrons. The Morgan fingerprint density at radius 2 is 1.69 bits per heavy atom. The summed E-state index contributed by atoms with van der Waals surface area (Å²) < 4.78 is 14.8. The van der Waals surface area contributed by atoms with Gasteiger partial charge in [-0.25, -0.2) is 4.39 Å². The number of aromatic amines is 1. The van der Waals surface area contributed by atoms with E-state index in [9.17, 15) is 14.3 Å². The predicted molar refractivity (Wildman–Crippen MR) is 153 cm³/mol. The third-order valence-electron chi connectivity index (χ3n) is 7.54. The monoisotopic (exact) mass is 522 g/mol. The van der Waals surface area contributed by atoms with Gasteiger partial charge in [0, 0.05) is 52.9 Å². The first-order valence-corrected chi connectivity index (χ1v) is 13.4. The van der Waals surface area contributed by atoms with Crippen LogP contribution in [-0.2, 0) is 4.79 Å². The molecule has 39 heavy (non-hydrogen) atoms. The van der Waals surface area contributed by atoms with E-state index >= 15 is 0 Å². The Labute approximate surface area is 227 Å². The number of anilines is 1. The zero-order chi connectivity index (χ0) is 26.8. The fourth-order valence-electron chi connectivity index (χ4n) is 5.62. The molecule has 0 aliphatic carbocycles. The zero-order valence-electron chi connectivity index (χ0n) is 21.6. The van der Waals surface area contributed by atoms with Gasteiger partial charge in [0.25, 0.3) is 5.91 Å². The number of nitrogens with zero attached hydrogens (tertiary/aromatic N) is 1. The number of hydrogen-bond acceptors (Lipinski definition) is 4. The number of benzene rings is 3. The summed E-state index contributed by atoms with van der Waals surface area (Å²) in [6.45, 7) is 3.76. The molecule has 1 unspecified atom stereocenters. The molecule has 1 aromatic heterocycles. The van der Waals surface area contributed by atoms with Crippen LogP contribution >= 0.6 is 0 Å². The fourth-order valence-corrected chi connectivity index (χ4v) is 5.62. The Kier molecular flexibility index (Phi) is 7.11. The molecule has 2 aliphatic rings. The van der Waals surface area contributed by atoms with Gasteiger partial charge in [0.2, 0.25) is 0 Å². The normalized spacial score (nSPS) is 17.0. The number of H-pyrrole nitrogens is 1. The smallest absolute Gasteiger partial charge is 0.256 e. The number of aliphatic hydroxyl groups excluding tert-OH is 1. The SMILES string of the molecule is O=C1Nc2cccc(-c3ccccc3F)c2/C1=C/c1[nH]cc(C(O)NCCN2CCCC2)c1-c1ccccc1. The van der Waals surface area contributed by atoms with E-state index in [0.29, 0.717) is 45.8 Å². The van der Waals surface area contributed by atoms with Crippen molar-refractivity contribution in [3.8, 4) is 22.3 Å². The van der Waals surface area contributed by atoms with E-state index in [1.54, 1.807) is 30.5 Å². The van der Waals surface area contributed by atoms with E-state index in [-0.39, 0.29) is 11.7 Å². The lowest BCUT2D eigenvalue weighted by Gasteiger charge is -2.18. The molecule has 0 bridgehead atoms. The molecular formula is C32H31FN4O2. The number of carbonyl (C=O) groups is 1. The first kappa shape index (κ1) is 25.2. The summed E-state index contributed by atoms with van der Waals surface area (Å²) in [6.07, 6.45) is 5.16. The Morgan fingerprint density at radius 1 is 0.949 bits per heavy atom. The lowest BCUT2D eigenvalue weighted by molar-refractivity contribution is -0.110. The van der Waals surface area contributed by atoms with Crippen LogP contribution in [0, 0.1) is 5.82 Å². The molecule has 6 nitrogen and oxygen atoms in total. The summed E-state index contributed by atoms with van der Waals surface area (Å²) >= 11 is 0. The number of aromatic nitrogens is 1. The maximum Gasteiger partial charge on any atom is 0.256 e. The molecule has 4 N–H and O–H groups in total. The molecule has 6 rings (SSSR count). The van der Waals surface area contributed by atoms with Crippen LogP contribution in [0.3, 0.4) is 0 Å². The zero-order valence-corrected chi connectivity index (χ0v) is 21.6. The van der Waals surface area contributed by atoms with Crippen molar-refractivity contribution < 1.29 is 14.3 Å². The van der Waals surface area contributed by atoms with Gasteiger partial charge in [0.15, 0.2) is 0 Å². The third-order valence-corrected chi connectivity index (χ3v) is 7.54. The molecule has 1 saturated heterocycles. The van der Waals surface area contributed by atoms with Gasteiger partial charge >= 0.3 is 0 Å². The number of halogens is 1. The van der Waals surface area contributed by atoms with E-state index in [0.717, 1.165) is 30.8 Å². The molecular weight excluding hydrogens is 491 g/mol. The standard InChI is InChI=1S/C32H31FN4O2/c33-26-13-5-4-11-22(26)23-12-8-14-27-30(23)24(32(39)36-27)19-28-29(21-9-2-1-3-10-21)25(20-35-28)31(38)34-15-18-37-16-6-7-17-37/h1-5,8-14,19-20,31,34-35,38H,6-7,15-18H2,(H,36,39)/b24-19-. The quantitative estimate of drug-likeness (QED) is 0.178. The average Bonchev–Trinajstić information content (AvgIpc) is 3.69. The number of hydrogen-bond donors (Lipinski definition) is 4. The molecule has 198 valence electrons. The molecule has 0 spiro atoms. The van der Waals surface area contributed by atoms with Crippen molar-refractivity contribution in [2.45, 2.75) is 19.1 Å². The van der Waals surface area contributed by atoms with Gasteiger partial charge in [-0.2, -0.15) is 0 Å².